The molecule has 1 saturated carbocycles. The molecule has 0 spiro atoms. The molecule has 1 saturated heterocycles. The predicted molar refractivity (Wildman–Crippen MR) is 119 cm³/mol. The van der Waals surface area contributed by atoms with E-state index in [9.17, 15) is 5.11 Å². The Labute approximate surface area is 183 Å². The van der Waals surface area contributed by atoms with Gasteiger partial charge in [0.1, 0.15) is 18.4 Å². The van der Waals surface area contributed by atoms with Gasteiger partial charge in [-0.3, -0.25) is 4.90 Å². The summed E-state index contributed by atoms with van der Waals surface area (Å²) < 4.78 is 7.38. The normalized spacial score (nSPS) is 26.0. The highest BCUT2D eigenvalue weighted by Gasteiger charge is 2.49. The van der Waals surface area contributed by atoms with E-state index in [4.69, 9.17) is 4.74 Å². The molecule has 2 aromatic carbocycles. The molecule has 3 atom stereocenters. The second kappa shape index (κ2) is 8.44. The maximum absolute atomic E-state index is 11.7. The van der Waals surface area contributed by atoms with E-state index in [1.807, 2.05) is 28.9 Å². The lowest BCUT2D eigenvalue weighted by Crippen LogP contribution is -2.42. The van der Waals surface area contributed by atoms with Crippen molar-refractivity contribution in [2.75, 3.05) is 20.2 Å². The van der Waals surface area contributed by atoms with Gasteiger partial charge in [0.2, 0.25) is 0 Å². The van der Waals surface area contributed by atoms with E-state index in [1.54, 1.807) is 19.8 Å². The minimum Gasteiger partial charge on any atom is -0.496 e. The molecule has 2 fully saturated rings. The summed E-state index contributed by atoms with van der Waals surface area (Å²) in [5.41, 5.74) is 2.73. The Balaban J connectivity index is 1.33. The van der Waals surface area contributed by atoms with Crippen molar-refractivity contribution in [1.82, 2.24) is 19.7 Å². The fourth-order valence-corrected chi connectivity index (χ4v) is 5.63. The van der Waals surface area contributed by atoms with Crippen molar-refractivity contribution in [3.05, 3.63) is 77.9 Å². The summed E-state index contributed by atoms with van der Waals surface area (Å²) in [5, 5.41) is 15.9. The van der Waals surface area contributed by atoms with Crippen molar-refractivity contribution in [2.24, 2.45) is 11.8 Å². The van der Waals surface area contributed by atoms with Crippen LogP contribution >= 0.6 is 0 Å². The maximum Gasteiger partial charge on any atom is 0.137 e. The molecular formula is C25H30N4O2. The van der Waals surface area contributed by atoms with Crippen molar-refractivity contribution < 1.29 is 9.84 Å². The topological polar surface area (TPSA) is 63.4 Å². The van der Waals surface area contributed by atoms with Crippen LogP contribution in [-0.4, -0.2) is 45.0 Å². The monoisotopic (exact) mass is 418 g/mol. The van der Waals surface area contributed by atoms with E-state index in [2.05, 4.69) is 39.2 Å². The molecule has 1 aromatic heterocycles. The molecule has 6 nitrogen and oxygen atoms in total. The number of benzene rings is 2. The van der Waals surface area contributed by atoms with Crippen molar-refractivity contribution in [1.29, 1.82) is 0 Å². The Morgan fingerprint density at radius 2 is 2.00 bits per heavy atom. The average molecular weight is 419 g/mol. The van der Waals surface area contributed by atoms with Crippen LogP contribution in [0.25, 0.3) is 0 Å². The number of hydrogen-bond acceptors (Lipinski definition) is 5. The zero-order valence-electron chi connectivity index (χ0n) is 18.0. The first kappa shape index (κ1) is 20.2. The number of likely N-dealkylation sites (tertiary alicyclic amines) is 1. The largest absolute Gasteiger partial charge is 0.496 e. The summed E-state index contributed by atoms with van der Waals surface area (Å²) >= 11 is 0. The van der Waals surface area contributed by atoms with Crippen LogP contribution in [-0.2, 0) is 18.7 Å². The zero-order chi connectivity index (χ0) is 21.3. The molecule has 2 heterocycles. The molecule has 0 radical (unpaired) electrons. The van der Waals surface area contributed by atoms with Crippen LogP contribution < -0.4 is 4.74 Å². The first-order chi connectivity index (χ1) is 15.2. The van der Waals surface area contributed by atoms with Gasteiger partial charge in [0.25, 0.3) is 0 Å². The Kier molecular flexibility index (Phi) is 5.50. The number of nitrogens with zero attached hydrogens (tertiary/aromatic N) is 4. The minimum atomic E-state index is -0.711. The van der Waals surface area contributed by atoms with E-state index in [0.29, 0.717) is 12.5 Å². The lowest BCUT2D eigenvalue weighted by molar-refractivity contribution is -0.0648. The van der Waals surface area contributed by atoms with Gasteiger partial charge < -0.3 is 9.84 Å². The molecule has 3 aromatic rings. The van der Waals surface area contributed by atoms with Gasteiger partial charge in [-0.2, -0.15) is 5.10 Å². The second-order valence-corrected chi connectivity index (χ2v) is 8.98. The highest BCUT2D eigenvalue weighted by Crippen LogP contribution is 2.48. The minimum absolute atomic E-state index is 0.288. The third-order valence-electron chi connectivity index (χ3n) is 7.09. The van der Waals surface area contributed by atoms with E-state index in [0.717, 1.165) is 49.4 Å². The van der Waals surface area contributed by atoms with Crippen LogP contribution in [0, 0.1) is 11.8 Å². The molecule has 6 heteroatoms. The third kappa shape index (κ3) is 3.98. The lowest BCUT2D eigenvalue weighted by Gasteiger charge is -2.41. The first-order valence-electron chi connectivity index (χ1n) is 11.1. The summed E-state index contributed by atoms with van der Waals surface area (Å²) in [5.74, 6) is 1.70. The van der Waals surface area contributed by atoms with Gasteiger partial charge in [-0.15, -0.1) is 0 Å². The van der Waals surface area contributed by atoms with Gasteiger partial charge in [-0.1, -0.05) is 36.4 Å². The molecule has 2 aliphatic rings. The molecule has 0 amide bonds. The molecule has 1 aliphatic carbocycles. The molecule has 1 N–H and O–H groups in total. The Morgan fingerprint density at radius 1 is 1.13 bits per heavy atom. The van der Waals surface area contributed by atoms with Crippen molar-refractivity contribution >= 4 is 0 Å². The van der Waals surface area contributed by atoms with Crippen molar-refractivity contribution in [3.8, 4) is 5.75 Å². The van der Waals surface area contributed by atoms with Gasteiger partial charge in [0, 0.05) is 31.1 Å². The summed E-state index contributed by atoms with van der Waals surface area (Å²) in [4.78, 5) is 6.55. The summed E-state index contributed by atoms with van der Waals surface area (Å²) in [6, 6.07) is 16.7. The fourth-order valence-electron chi connectivity index (χ4n) is 5.63. The molecule has 1 aliphatic heterocycles. The summed E-state index contributed by atoms with van der Waals surface area (Å²) in [6.45, 7) is 3.49. The number of ether oxygens (including phenoxy) is 1. The number of methoxy groups -OCH3 is 1. The Hall–Kier alpha value is -2.70. The fraction of sp³-hybridized carbons (Fsp3) is 0.440. The molecule has 0 bridgehead atoms. The second-order valence-electron chi connectivity index (χ2n) is 8.98. The number of rotatable bonds is 6. The summed E-state index contributed by atoms with van der Waals surface area (Å²) in [6.07, 6.45) is 6.43. The van der Waals surface area contributed by atoms with E-state index in [-0.39, 0.29) is 5.92 Å². The van der Waals surface area contributed by atoms with Gasteiger partial charge in [-0.25, -0.2) is 9.67 Å². The van der Waals surface area contributed by atoms with E-state index in [1.165, 1.54) is 12.0 Å². The summed E-state index contributed by atoms with van der Waals surface area (Å²) in [7, 11) is 1.70. The number of aromatic nitrogens is 3. The Bertz CT molecular complexity index is 1010. The quantitative estimate of drug-likeness (QED) is 0.664. The smallest absolute Gasteiger partial charge is 0.137 e. The average Bonchev–Trinajstić information content (AvgIpc) is 3.45. The Morgan fingerprint density at radius 3 is 2.77 bits per heavy atom. The maximum atomic E-state index is 11.7. The molecular weight excluding hydrogens is 388 g/mol. The van der Waals surface area contributed by atoms with E-state index < -0.39 is 5.60 Å². The lowest BCUT2D eigenvalue weighted by atomic mass is 9.67. The molecule has 5 rings (SSSR count). The van der Waals surface area contributed by atoms with Crippen LogP contribution in [0.1, 0.15) is 36.0 Å². The molecule has 31 heavy (non-hydrogen) atoms. The van der Waals surface area contributed by atoms with Crippen LogP contribution in [0.4, 0.5) is 0 Å². The predicted octanol–water partition coefficient (Wildman–Crippen LogP) is 3.45. The van der Waals surface area contributed by atoms with Crippen LogP contribution in [0.2, 0.25) is 0 Å². The highest BCUT2D eigenvalue weighted by molar-refractivity contribution is 5.37. The zero-order valence-corrected chi connectivity index (χ0v) is 18.0. The number of hydrogen-bond donors (Lipinski definition) is 1. The molecule has 0 unspecified atom stereocenters. The van der Waals surface area contributed by atoms with Crippen molar-refractivity contribution in [3.63, 3.8) is 0 Å². The van der Waals surface area contributed by atoms with Crippen LogP contribution in [0.3, 0.4) is 0 Å². The number of aliphatic hydroxyl groups is 1. The SMILES string of the molecule is COc1ccc(CN2C[C@@H]3CCC[C@@](O)(c4ccccc4)[C@@H]3C2)cc1Cn1cncn1. The van der Waals surface area contributed by atoms with Crippen LogP contribution in [0.15, 0.2) is 61.2 Å². The number of fused-ring (bicyclic) bond motifs is 1. The van der Waals surface area contributed by atoms with Gasteiger partial charge in [0.15, 0.2) is 0 Å². The van der Waals surface area contributed by atoms with Gasteiger partial charge in [0.05, 0.1) is 19.3 Å². The third-order valence-corrected chi connectivity index (χ3v) is 7.09. The van der Waals surface area contributed by atoms with Gasteiger partial charge >= 0.3 is 0 Å². The van der Waals surface area contributed by atoms with E-state index >= 15 is 0 Å². The van der Waals surface area contributed by atoms with Crippen molar-refractivity contribution in [2.45, 2.75) is 38.0 Å². The standard InChI is InChI=1S/C25H30N4O2/c1-31-24-10-9-19(12-21(24)15-29-18-26-17-27-29)13-28-14-20-6-5-11-25(30,23(20)16-28)22-7-3-2-4-8-22/h2-4,7-10,12,17-18,20,23,30H,5-6,11,13-16H2,1H3/t20-,23+,25+/m0/s1. The van der Waals surface area contributed by atoms with Crippen LogP contribution in [0.5, 0.6) is 5.75 Å². The molecule has 162 valence electrons. The highest BCUT2D eigenvalue weighted by atomic mass is 16.5. The van der Waals surface area contributed by atoms with Gasteiger partial charge in [-0.05, 0) is 48.4 Å². The first-order valence-corrected chi connectivity index (χ1v) is 11.1.